The first-order valence-corrected chi connectivity index (χ1v) is 16.7. The van der Waals surface area contributed by atoms with Crippen molar-refractivity contribution in [1.82, 2.24) is 0 Å². The van der Waals surface area contributed by atoms with E-state index < -0.39 is 0 Å². The number of allylic oxidation sites excluding steroid dienone is 2. The van der Waals surface area contributed by atoms with Crippen LogP contribution in [-0.4, -0.2) is 9.52 Å². The summed E-state index contributed by atoms with van der Waals surface area (Å²) in [5.74, 6) is 0.520. The van der Waals surface area contributed by atoms with Crippen LogP contribution in [0.3, 0.4) is 0 Å². The predicted molar refractivity (Wildman–Crippen MR) is 184 cm³/mol. The fourth-order valence-corrected chi connectivity index (χ4v) is 8.19. The molecule has 1 unspecified atom stereocenters. The number of benzene rings is 4. The lowest BCUT2D eigenvalue weighted by Gasteiger charge is -2.20. The Morgan fingerprint density at radius 1 is 0.643 bits per heavy atom. The zero-order valence-corrected chi connectivity index (χ0v) is 27.4. The fourth-order valence-electron chi connectivity index (χ4n) is 6.63. The number of fused-ring (bicyclic) bond motifs is 2. The molecular formula is C41H44Si. The number of rotatable bonds is 6. The van der Waals surface area contributed by atoms with Gasteiger partial charge in [-0.2, -0.15) is 0 Å². The van der Waals surface area contributed by atoms with Gasteiger partial charge in [0.05, 0.1) is 0 Å². The molecule has 0 bridgehead atoms. The molecule has 4 aromatic carbocycles. The van der Waals surface area contributed by atoms with E-state index >= 15 is 0 Å². The second-order valence-corrected chi connectivity index (χ2v) is 15.7. The van der Waals surface area contributed by atoms with Gasteiger partial charge in [0.1, 0.15) is 9.52 Å². The third kappa shape index (κ3) is 5.52. The first kappa shape index (κ1) is 28.7. The molecule has 212 valence electrons. The van der Waals surface area contributed by atoms with Crippen molar-refractivity contribution in [3.8, 4) is 22.3 Å². The average molecular weight is 565 g/mol. The molecule has 0 aromatic heterocycles. The van der Waals surface area contributed by atoms with Gasteiger partial charge in [0.2, 0.25) is 0 Å². The van der Waals surface area contributed by atoms with Crippen LogP contribution in [0, 0.1) is 0 Å². The molecule has 0 fully saturated rings. The number of hydrogen-bond donors (Lipinski definition) is 0. The van der Waals surface area contributed by atoms with Crippen molar-refractivity contribution in [2.24, 2.45) is 0 Å². The van der Waals surface area contributed by atoms with E-state index in [0.717, 1.165) is 15.9 Å². The highest BCUT2D eigenvalue weighted by atomic mass is 28.2. The Labute approximate surface area is 256 Å². The molecule has 0 aliphatic heterocycles. The van der Waals surface area contributed by atoms with Crippen molar-refractivity contribution in [2.75, 3.05) is 0 Å². The molecule has 42 heavy (non-hydrogen) atoms. The van der Waals surface area contributed by atoms with Crippen LogP contribution in [0.25, 0.3) is 34.4 Å². The molecule has 6 rings (SSSR count). The van der Waals surface area contributed by atoms with Crippen molar-refractivity contribution in [3.63, 3.8) is 0 Å². The Hall–Kier alpha value is -3.42. The van der Waals surface area contributed by atoms with Gasteiger partial charge in [-0.25, -0.2) is 0 Å². The molecule has 0 saturated heterocycles. The minimum absolute atomic E-state index is 0.167. The molecule has 2 aliphatic rings. The second-order valence-electron chi connectivity index (χ2n) is 14.3. The van der Waals surface area contributed by atoms with E-state index in [9.17, 15) is 0 Å². The molecule has 1 heteroatoms. The molecule has 0 saturated carbocycles. The predicted octanol–water partition coefficient (Wildman–Crippen LogP) is 11.2. The van der Waals surface area contributed by atoms with Crippen LogP contribution in [0.2, 0.25) is 0 Å². The maximum absolute atomic E-state index is 2.55. The molecule has 0 amide bonds. The summed E-state index contributed by atoms with van der Waals surface area (Å²) in [6, 6.07) is 32.4. The average Bonchev–Trinajstić information content (AvgIpc) is 3.53. The Morgan fingerprint density at radius 2 is 1.19 bits per heavy atom. The zero-order valence-electron chi connectivity index (χ0n) is 26.4. The van der Waals surface area contributed by atoms with E-state index in [0.29, 0.717) is 5.92 Å². The van der Waals surface area contributed by atoms with Crippen molar-refractivity contribution < 1.29 is 0 Å². The summed E-state index contributed by atoms with van der Waals surface area (Å²) in [7, 11) is 0.733. The summed E-state index contributed by atoms with van der Waals surface area (Å²) in [6.07, 6.45) is 8.54. The van der Waals surface area contributed by atoms with E-state index in [1.165, 1.54) is 68.5 Å². The molecule has 2 aliphatic carbocycles. The zero-order chi connectivity index (χ0) is 29.6. The van der Waals surface area contributed by atoms with Gasteiger partial charge >= 0.3 is 0 Å². The standard InChI is InChI=1S/C41H44Si/c1-8-11-36-35-15-10-14-34(28-18-22-31(23-19-28)41(5,6)7)38(35)26-39(36)42-32-24-29-12-9-13-33(37(29)25-32)27-16-20-30(21-17-27)40(2,3)4/h9-10,12-23,25-26,36H,8,11,24H2,1-7H3. The highest BCUT2D eigenvalue weighted by molar-refractivity contribution is 6.57. The molecule has 0 spiro atoms. The van der Waals surface area contributed by atoms with Crippen molar-refractivity contribution in [1.29, 1.82) is 0 Å². The Kier molecular flexibility index (Phi) is 7.52. The second kappa shape index (κ2) is 11.0. The van der Waals surface area contributed by atoms with E-state index in [4.69, 9.17) is 0 Å². The summed E-state index contributed by atoms with van der Waals surface area (Å²) < 4.78 is 0. The van der Waals surface area contributed by atoms with Crippen LogP contribution >= 0.6 is 0 Å². The Bertz CT molecular complexity index is 1670. The van der Waals surface area contributed by atoms with Gasteiger partial charge in [0.25, 0.3) is 0 Å². The highest BCUT2D eigenvalue weighted by Crippen LogP contribution is 2.45. The van der Waals surface area contributed by atoms with Crippen LogP contribution in [0.15, 0.2) is 95.3 Å². The molecule has 0 N–H and O–H groups in total. The Balaban J connectivity index is 1.31. The lowest BCUT2D eigenvalue weighted by atomic mass is 9.85. The third-order valence-corrected chi connectivity index (χ3v) is 10.5. The summed E-state index contributed by atoms with van der Waals surface area (Å²) in [5.41, 5.74) is 14.3. The van der Waals surface area contributed by atoms with Gasteiger partial charge in [-0.05, 0) is 79.3 Å². The third-order valence-electron chi connectivity index (χ3n) is 9.09. The lowest BCUT2D eigenvalue weighted by molar-refractivity contribution is 0.590. The van der Waals surface area contributed by atoms with E-state index in [1.54, 1.807) is 10.4 Å². The van der Waals surface area contributed by atoms with Gasteiger partial charge in [-0.3, -0.25) is 0 Å². The van der Waals surface area contributed by atoms with Crippen molar-refractivity contribution in [3.05, 3.63) is 129 Å². The molecule has 1 atom stereocenters. The SMILES string of the molecule is CCCC1C([Si]C2=Cc3c(cccc3-c3ccc(C(C)(C)C)cc3)C2)=Cc2c(-c3ccc(C(C)(C)C)cc3)cccc21. The molecule has 0 nitrogen and oxygen atoms in total. The maximum atomic E-state index is 2.55. The van der Waals surface area contributed by atoms with Crippen molar-refractivity contribution in [2.45, 2.75) is 84.5 Å². The van der Waals surface area contributed by atoms with Gasteiger partial charge in [0.15, 0.2) is 0 Å². The van der Waals surface area contributed by atoms with Crippen LogP contribution in [0.4, 0.5) is 0 Å². The lowest BCUT2D eigenvalue weighted by Crippen LogP contribution is -2.10. The number of hydrogen-bond acceptors (Lipinski definition) is 0. The minimum Gasteiger partial charge on any atom is -0.0748 e. The van der Waals surface area contributed by atoms with E-state index in [1.807, 2.05) is 0 Å². The van der Waals surface area contributed by atoms with Gasteiger partial charge in [-0.15, -0.1) is 0 Å². The summed E-state index contributed by atoms with van der Waals surface area (Å²) in [4.78, 5) is 0. The monoisotopic (exact) mass is 564 g/mol. The smallest absolute Gasteiger partial charge is 0.0748 e. The normalized spacial score (nSPS) is 16.2. The molecule has 4 aromatic rings. The van der Waals surface area contributed by atoms with E-state index in [-0.39, 0.29) is 10.8 Å². The molecule has 2 radical (unpaired) electrons. The van der Waals surface area contributed by atoms with Crippen LogP contribution < -0.4 is 0 Å². The molecule has 0 heterocycles. The van der Waals surface area contributed by atoms with Crippen LogP contribution in [-0.2, 0) is 17.3 Å². The topological polar surface area (TPSA) is 0 Å². The summed E-state index contributed by atoms with van der Waals surface area (Å²) in [6.45, 7) is 16.0. The quantitative estimate of drug-likeness (QED) is 0.204. The highest BCUT2D eigenvalue weighted by Gasteiger charge is 2.29. The van der Waals surface area contributed by atoms with Gasteiger partial charge in [0, 0.05) is 5.92 Å². The van der Waals surface area contributed by atoms with Gasteiger partial charge < -0.3 is 0 Å². The summed E-state index contributed by atoms with van der Waals surface area (Å²) in [5, 5.41) is 3.18. The van der Waals surface area contributed by atoms with E-state index in [2.05, 4.69) is 146 Å². The Morgan fingerprint density at radius 3 is 1.74 bits per heavy atom. The van der Waals surface area contributed by atoms with Crippen LogP contribution in [0.1, 0.15) is 101 Å². The minimum atomic E-state index is 0.167. The van der Waals surface area contributed by atoms with Crippen molar-refractivity contribution >= 4 is 21.7 Å². The first-order valence-electron chi connectivity index (χ1n) is 15.7. The van der Waals surface area contributed by atoms with Gasteiger partial charge in [-0.1, -0.05) is 162 Å². The molecular weight excluding hydrogens is 521 g/mol. The fraction of sp³-hybridized carbons (Fsp3) is 0.317. The largest absolute Gasteiger partial charge is 0.111 e. The first-order chi connectivity index (χ1) is 20.0. The van der Waals surface area contributed by atoms with Crippen LogP contribution in [0.5, 0.6) is 0 Å². The maximum Gasteiger partial charge on any atom is 0.111 e. The summed E-state index contributed by atoms with van der Waals surface area (Å²) >= 11 is 0.